The lowest BCUT2D eigenvalue weighted by atomic mass is 10.4. The topological polar surface area (TPSA) is 75.3 Å². The number of hydrogen-bond acceptors (Lipinski definition) is 4. The molecule has 0 saturated carbocycles. The Labute approximate surface area is 78.7 Å². The molecule has 0 heterocycles. The molecule has 0 fully saturated rings. The van der Waals surface area contributed by atoms with Crippen LogP contribution in [0.2, 0.25) is 0 Å². The maximum absolute atomic E-state index is 11.7. The zero-order chi connectivity index (χ0) is 11.4. The van der Waals surface area contributed by atoms with Crippen LogP contribution in [0.25, 0.3) is 0 Å². The Morgan fingerprint density at radius 1 is 1.36 bits per heavy atom. The van der Waals surface area contributed by atoms with Gasteiger partial charge in [-0.15, -0.1) is 0 Å². The molecule has 0 aliphatic heterocycles. The first-order valence-corrected chi connectivity index (χ1v) is 4.95. The third-order valence-electron chi connectivity index (χ3n) is 1.15. The van der Waals surface area contributed by atoms with Gasteiger partial charge in [0.1, 0.15) is 0 Å². The lowest BCUT2D eigenvalue weighted by Gasteiger charge is -2.08. The molecule has 0 unspecified atom stereocenters. The van der Waals surface area contributed by atoms with E-state index in [4.69, 9.17) is 0 Å². The van der Waals surface area contributed by atoms with Gasteiger partial charge in [0.25, 0.3) is 0 Å². The summed E-state index contributed by atoms with van der Waals surface area (Å²) >= 11 is 0. The molecule has 0 spiro atoms. The van der Waals surface area contributed by atoms with Crippen molar-refractivity contribution in [3.05, 3.63) is 0 Å². The van der Waals surface area contributed by atoms with E-state index in [1.54, 1.807) is 0 Å². The molecule has 1 amide bonds. The van der Waals surface area contributed by atoms with Gasteiger partial charge in [0, 0.05) is 13.0 Å². The average molecular weight is 234 g/mol. The minimum Gasteiger partial charge on any atom is -0.319 e. The Morgan fingerprint density at radius 2 is 1.86 bits per heavy atom. The van der Waals surface area contributed by atoms with Crippen molar-refractivity contribution in [2.45, 2.75) is 11.9 Å². The smallest absolute Gasteiger partial charge is 0.319 e. The predicted octanol–water partition coefficient (Wildman–Crippen LogP) is -0.438. The van der Waals surface area contributed by atoms with Crippen molar-refractivity contribution >= 4 is 15.9 Å². The number of hydrogen-bond donors (Lipinski definition) is 2. The summed E-state index contributed by atoms with van der Waals surface area (Å²) in [5.74, 6) is -1.20. The van der Waals surface area contributed by atoms with Gasteiger partial charge in [0.2, 0.25) is 5.91 Å². The van der Waals surface area contributed by atoms with Crippen LogP contribution in [0.5, 0.6) is 0 Å². The first-order chi connectivity index (χ1) is 6.20. The van der Waals surface area contributed by atoms with Crippen molar-refractivity contribution < 1.29 is 26.4 Å². The fourth-order valence-electron chi connectivity index (χ4n) is 0.497. The van der Waals surface area contributed by atoms with Crippen molar-refractivity contribution in [1.82, 2.24) is 10.0 Å². The van der Waals surface area contributed by atoms with Crippen LogP contribution in [-0.2, 0) is 14.8 Å². The highest BCUT2D eigenvalue weighted by Gasteiger charge is 2.46. The zero-order valence-electron chi connectivity index (χ0n) is 7.18. The zero-order valence-corrected chi connectivity index (χ0v) is 8.00. The molecular formula is C5H9F3N2O3S. The largest absolute Gasteiger partial charge is 0.516 e. The molecule has 2 N–H and O–H groups in total. The van der Waals surface area contributed by atoms with E-state index in [2.05, 4.69) is 5.32 Å². The molecule has 5 nitrogen and oxygen atoms in total. The molecule has 0 aliphatic carbocycles. The molecule has 0 aliphatic rings. The number of rotatable bonds is 4. The van der Waals surface area contributed by atoms with E-state index in [1.807, 2.05) is 0 Å². The van der Waals surface area contributed by atoms with E-state index < -0.39 is 21.4 Å². The van der Waals surface area contributed by atoms with Crippen LogP contribution in [0.4, 0.5) is 13.2 Å². The van der Waals surface area contributed by atoms with Gasteiger partial charge in [-0.1, -0.05) is 0 Å². The quantitative estimate of drug-likeness (QED) is 0.691. The van der Waals surface area contributed by atoms with Crippen molar-refractivity contribution in [3.63, 3.8) is 0 Å². The molecule has 0 aromatic carbocycles. The number of sulfonamides is 1. The summed E-state index contributed by atoms with van der Waals surface area (Å²) in [7, 11) is -4.08. The fraction of sp³-hybridized carbons (Fsp3) is 0.800. The third kappa shape index (κ3) is 3.92. The highest BCUT2D eigenvalue weighted by atomic mass is 32.2. The monoisotopic (exact) mass is 234 g/mol. The normalized spacial score (nSPS) is 12.6. The van der Waals surface area contributed by atoms with E-state index in [0.717, 1.165) is 4.72 Å². The molecule has 0 rings (SSSR count). The molecule has 0 saturated heterocycles. The van der Waals surface area contributed by atoms with Gasteiger partial charge in [0.05, 0.1) is 0 Å². The maximum atomic E-state index is 11.7. The molecule has 9 heteroatoms. The molecule has 84 valence electrons. The number of carbonyl (C=O) groups is 1. The van der Waals surface area contributed by atoms with Crippen LogP contribution < -0.4 is 10.0 Å². The standard InChI is InChI=1S/C5H9F3N2O3S/c1-9-3-2-4(11)10-14(12,13)5(6,7)8/h9H,2-3H2,1H3,(H,10,11). The van der Waals surface area contributed by atoms with E-state index in [0.29, 0.717) is 0 Å². The summed E-state index contributed by atoms with van der Waals surface area (Å²) in [6.45, 7) is 0.0964. The summed E-state index contributed by atoms with van der Waals surface area (Å²) < 4.78 is 56.7. The molecule has 0 aromatic rings. The lowest BCUT2D eigenvalue weighted by Crippen LogP contribution is -2.40. The molecule has 0 radical (unpaired) electrons. The van der Waals surface area contributed by atoms with Crippen molar-refractivity contribution in [2.75, 3.05) is 13.6 Å². The average Bonchev–Trinajstić information content (AvgIpc) is 1.97. The van der Waals surface area contributed by atoms with Crippen LogP contribution in [0.1, 0.15) is 6.42 Å². The first-order valence-electron chi connectivity index (χ1n) is 3.47. The van der Waals surface area contributed by atoms with Crippen LogP contribution in [0.15, 0.2) is 0 Å². The molecular weight excluding hydrogens is 225 g/mol. The van der Waals surface area contributed by atoms with Gasteiger partial charge in [-0.05, 0) is 7.05 Å². The van der Waals surface area contributed by atoms with Gasteiger partial charge in [-0.3, -0.25) is 4.79 Å². The third-order valence-corrected chi connectivity index (χ3v) is 2.26. The molecule has 0 bridgehead atoms. The van der Waals surface area contributed by atoms with Crippen LogP contribution in [-0.4, -0.2) is 33.4 Å². The van der Waals surface area contributed by atoms with Crippen molar-refractivity contribution in [2.24, 2.45) is 0 Å². The number of amides is 1. The van der Waals surface area contributed by atoms with E-state index >= 15 is 0 Å². The summed E-state index contributed by atoms with van der Waals surface area (Å²) in [6, 6.07) is 0. The summed E-state index contributed by atoms with van der Waals surface area (Å²) in [4.78, 5) is 10.6. The number of halogens is 3. The Balaban J connectivity index is 4.32. The van der Waals surface area contributed by atoms with Gasteiger partial charge in [-0.2, -0.15) is 21.6 Å². The SMILES string of the molecule is CNCCC(=O)NS(=O)(=O)C(F)(F)F. The second kappa shape index (κ2) is 4.60. The van der Waals surface area contributed by atoms with Gasteiger partial charge >= 0.3 is 15.5 Å². The van der Waals surface area contributed by atoms with Crippen molar-refractivity contribution in [3.8, 4) is 0 Å². The number of alkyl halides is 3. The minimum atomic E-state index is -5.55. The van der Waals surface area contributed by atoms with Crippen LogP contribution in [0.3, 0.4) is 0 Å². The van der Waals surface area contributed by atoms with Crippen molar-refractivity contribution in [1.29, 1.82) is 0 Å². The second-order valence-corrected chi connectivity index (χ2v) is 4.00. The van der Waals surface area contributed by atoms with E-state index in [9.17, 15) is 26.4 Å². The summed E-state index contributed by atoms with van der Waals surface area (Å²) in [6.07, 6.45) is -0.341. The fourth-order valence-corrected chi connectivity index (χ4v) is 1.01. The highest BCUT2D eigenvalue weighted by molar-refractivity contribution is 7.90. The Morgan fingerprint density at radius 3 is 2.21 bits per heavy atom. The highest BCUT2D eigenvalue weighted by Crippen LogP contribution is 2.21. The number of carbonyl (C=O) groups excluding carboxylic acids is 1. The second-order valence-electron chi connectivity index (χ2n) is 2.33. The molecule has 0 aromatic heterocycles. The van der Waals surface area contributed by atoms with E-state index in [-0.39, 0.29) is 13.0 Å². The molecule has 0 atom stereocenters. The Bertz CT molecular complexity index is 298. The maximum Gasteiger partial charge on any atom is 0.516 e. The minimum absolute atomic E-state index is 0.0964. The van der Waals surface area contributed by atoms with Gasteiger partial charge in [-0.25, -0.2) is 4.72 Å². The summed E-state index contributed by atoms with van der Waals surface area (Å²) in [5.41, 5.74) is -5.46. The van der Waals surface area contributed by atoms with E-state index in [1.165, 1.54) is 7.05 Å². The number of nitrogens with one attached hydrogen (secondary N) is 2. The molecule has 14 heavy (non-hydrogen) atoms. The Hall–Kier alpha value is -0.830. The predicted molar refractivity (Wildman–Crippen MR) is 41.7 cm³/mol. The Kier molecular flexibility index (Phi) is 4.33. The van der Waals surface area contributed by atoms with Gasteiger partial charge in [0.15, 0.2) is 0 Å². The first kappa shape index (κ1) is 13.2. The van der Waals surface area contributed by atoms with Crippen LogP contribution >= 0.6 is 0 Å². The van der Waals surface area contributed by atoms with Crippen LogP contribution in [0, 0.1) is 0 Å². The lowest BCUT2D eigenvalue weighted by molar-refractivity contribution is -0.119. The van der Waals surface area contributed by atoms with Gasteiger partial charge < -0.3 is 5.32 Å². The summed E-state index contributed by atoms with van der Waals surface area (Å²) in [5, 5.41) is 2.49.